The largest absolute Gasteiger partial charge is 0.494 e. The van der Waals surface area contributed by atoms with Crippen LogP contribution in [0.4, 0.5) is 0 Å². The quantitative estimate of drug-likeness (QED) is 0.174. The molecule has 0 saturated heterocycles. The maximum atomic E-state index is 13.0. The van der Waals surface area contributed by atoms with Gasteiger partial charge in [0.15, 0.2) is 11.5 Å². The number of aromatic amines is 1. The molecule has 1 aliphatic carbocycles. The Morgan fingerprint density at radius 2 is 1.70 bits per heavy atom. The van der Waals surface area contributed by atoms with Crippen molar-refractivity contribution in [2.24, 2.45) is 5.92 Å². The van der Waals surface area contributed by atoms with Crippen molar-refractivity contribution < 1.29 is 18.9 Å². The van der Waals surface area contributed by atoms with Crippen LogP contribution in [0, 0.1) is 5.92 Å². The molecule has 0 saturated carbocycles. The molecule has 0 amide bonds. The van der Waals surface area contributed by atoms with Crippen molar-refractivity contribution in [2.75, 3.05) is 26.9 Å². The number of aromatic nitrogens is 2. The molecular formula is C32H38N2O5S. The van der Waals surface area contributed by atoms with E-state index in [2.05, 4.69) is 18.8 Å². The number of thiophene rings is 1. The molecule has 2 aromatic heterocycles. The second kappa shape index (κ2) is 13.2. The Bertz CT molecular complexity index is 1480. The summed E-state index contributed by atoms with van der Waals surface area (Å²) >= 11 is 1.65. The molecule has 5 rings (SSSR count). The third-order valence-electron chi connectivity index (χ3n) is 7.30. The van der Waals surface area contributed by atoms with E-state index in [9.17, 15) is 4.79 Å². The zero-order valence-electron chi connectivity index (χ0n) is 23.6. The Kier molecular flexibility index (Phi) is 9.26. The van der Waals surface area contributed by atoms with Crippen LogP contribution in [0.3, 0.4) is 0 Å². The van der Waals surface area contributed by atoms with Crippen LogP contribution in [-0.4, -0.2) is 36.9 Å². The van der Waals surface area contributed by atoms with Gasteiger partial charge in [-0.3, -0.25) is 4.79 Å². The number of fused-ring (bicyclic) bond motifs is 3. The molecule has 0 radical (unpaired) electrons. The van der Waals surface area contributed by atoms with E-state index >= 15 is 0 Å². The number of nitrogens with zero attached hydrogens (tertiary/aromatic N) is 1. The Morgan fingerprint density at radius 1 is 0.950 bits per heavy atom. The number of aryl methyl sites for hydroxylation is 1. The van der Waals surface area contributed by atoms with E-state index in [4.69, 9.17) is 23.9 Å². The van der Waals surface area contributed by atoms with Crippen LogP contribution < -0.4 is 24.5 Å². The summed E-state index contributed by atoms with van der Waals surface area (Å²) in [6.07, 6.45) is 7.83. The van der Waals surface area contributed by atoms with Crippen molar-refractivity contribution in [3.05, 3.63) is 63.3 Å². The van der Waals surface area contributed by atoms with E-state index in [0.29, 0.717) is 36.5 Å². The van der Waals surface area contributed by atoms with Crippen molar-refractivity contribution in [3.63, 3.8) is 0 Å². The lowest BCUT2D eigenvalue weighted by molar-refractivity contribution is 0.211. The van der Waals surface area contributed by atoms with E-state index in [1.807, 2.05) is 42.5 Å². The third kappa shape index (κ3) is 6.61. The van der Waals surface area contributed by atoms with Crippen LogP contribution in [0.2, 0.25) is 0 Å². The predicted octanol–water partition coefficient (Wildman–Crippen LogP) is 7.20. The molecule has 8 heteroatoms. The van der Waals surface area contributed by atoms with Gasteiger partial charge in [0, 0.05) is 10.4 Å². The number of nitrogens with one attached hydrogen (secondary N) is 1. The summed E-state index contributed by atoms with van der Waals surface area (Å²) in [6.45, 7) is 5.95. The van der Waals surface area contributed by atoms with E-state index in [1.165, 1.54) is 29.7 Å². The monoisotopic (exact) mass is 562 g/mol. The van der Waals surface area contributed by atoms with E-state index in [-0.39, 0.29) is 5.56 Å². The van der Waals surface area contributed by atoms with Crippen molar-refractivity contribution in [3.8, 4) is 34.4 Å². The van der Waals surface area contributed by atoms with Gasteiger partial charge < -0.3 is 23.9 Å². The van der Waals surface area contributed by atoms with Crippen LogP contribution >= 0.6 is 11.3 Å². The first-order chi connectivity index (χ1) is 19.6. The molecule has 2 heterocycles. The topological polar surface area (TPSA) is 82.7 Å². The summed E-state index contributed by atoms with van der Waals surface area (Å²) in [5.41, 5.74) is 1.88. The van der Waals surface area contributed by atoms with Gasteiger partial charge in [0.1, 0.15) is 35.4 Å². The molecule has 1 unspecified atom stereocenters. The lowest BCUT2D eigenvalue weighted by atomic mass is 9.89. The molecule has 2 aromatic carbocycles. The Balaban J connectivity index is 1.17. The lowest BCUT2D eigenvalue weighted by Gasteiger charge is -2.17. The van der Waals surface area contributed by atoms with E-state index in [1.54, 1.807) is 18.4 Å². The lowest BCUT2D eigenvalue weighted by Crippen LogP contribution is -2.13. The SMILES string of the molecule is CCCCCCOc1ccc(OCCOc2ccc(-c3nc4sc5c(c4c(=O)[nH]3)CCC(C)C5)cc2OC)cc1. The van der Waals surface area contributed by atoms with Gasteiger partial charge in [0.05, 0.1) is 19.1 Å². The summed E-state index contributed by atoms with van der Waals surface area (Å²) in [5, 5.41) is 0.757. The highest BCUT2D eigenvalue weighted by Crippen LogP contribution is 2.37. The van der Waals surface area contributed by atoms with Gasteiger partial charge in [0.2, 0.25) is 0 Å². The summed E-state index contributed by atoms with van der Waals surface area (Å²) < 4.78 is 23.2. The molecule has 1 atom stereocenters. The average molecular weight is 563 g/mol. The second-order valence-electron chi connectivity index (χ2n) is 10.4. The number of benzene rings is 2. The fraction of sp³-hybridized carbons (Fsp3) is 0.438. The number of H-pyrrole nitrogens is 1. The molecule has 7 nitrogen and oxygen atoms in total. The van der Waals surface area contributed by atoms with Gasteiger partial charge in [0.25, 0.3) is 5.56 Å². The van der Waals surface area contributed by atoms with Gasteiger partial charge in [-0.25, -0.2) is 4.98 Å². The zero-order valence-corrected chi connectivity index (χ0v) is 24.4. The van der Waals surface area contributed by atoms with Gasteiger partial charge in [-0.05, 0) is 79.6 Å². The third-order valence-corrected chi connectivity index (χ3v) is 8.45. The molecular weight excluding hydrogens is 524 g/mol. The number of methoxy groups -OCH3 is 1. The molecule has 1 aliphatic rings. The molecule has 212 valence electrons. The molecule has 0 aliphatic heterocycles. The summed E-state index contributed by atoms with van der Waals surface area (Å²) in [5.74, 6) is 3.97. The van der Waals surface area contributed by atoms with E-state index in [0.717, 1.165) is 59.6 Å². The summed E-state index contributed by atoms with van der Waals surface area (Å²) in [4.78, 5) is 23.0. The van der Waals surface area contributed by atoms with Crippen molar-refractivity contribution in [2.45, 2.75) is 58.8 Å². The summed E-state index contributed by atoms with van der Waals surface area (Å²) in [6, 6.07) is 13.2. The van der Waals surface area contributed by atoms with Crippen LogP contribution in [0.1, 0.15) is 56.4 Å². The Labute approximate surface area is 239 Å². The first-order valence-electron chi connectivity index (χ1n) is 14.3. The number of hydrogen-bond acceptors (Lipinski definition) is 7. The predicted molar refractivity (Wildman–Crippen MR) is 160 cm³/mol. The summed E-state index contributed by atoms with van der Waals surface area (Å²) in [7, 11) is 1.60. The van der Waals surface area contributed by atoms with Crippen LogP contribution in [-0.2, 0) is 12.8 Å². The number of ether oxygens (including phenoxy) is 4. The maximum absolute atomic E-state index is 13.0. The molecule has 1 N–H and O–H groups in total. The first kappa shape index (κ1) is 28.0. The molecule has 40 heavy (non-hydrogen) atoms. The van der Waals surface area contributed by atoms with Crippen LogP contribution in [0.5, 0.6) is 23.0 Å². The second-order valence-corrected chi connectivity index (χ2v) is 11.5. The normalized spacial score (nSPS) is 14.6. The molecule has 4 aromatic rings. The fourth-order valence-electron chi connectivity index (χ4n) is 5.08. The number of hydrogen-bond donors (Lipinski definition) is 1. The van der Waals surface area contributed by atoms with Gasteiger partial charge >= 0.3 is 0 Å². The van der Waals surface area contributed by atoms with Crippen LogP contribution in [0.15, 0.2) is 47.3 Å². The highest BCUT2D eigenvalue weighted by atomic mass is 32.1. The molecule has 0 spiro atoms. The van der Waals surface area contributed by atoms with Gasteiger partial charge in [-0.2, -0.15) is 0 Å². The Hall–Kier alpha value is -3.52. The van der Waals surface area contributed by atoms with Crippen LogP contribution in [0.25, 0.3) is 21.6 Å². The minimum Gasteiger partial charge on any atom is -0.494 e. The van der Waals surface area contributed by atoms with E-state index < -0.39 is 0 Å². The first-order valence-corrected chi connectivity index (χ1v) is 15.1. The van der Waals surface area contributed by atoms with Gasteiger partial charge in [-0.15, -0.1) is 11.3 Å². The molecule has 0 bridgehead atoms. The number of rotatable bonds is 13. The minimum atomic E-state index is -0.0740. The zero-order chi connectivity index (χ0) is 27.9. The van der Waals surface area contributed by atoms with Crippen molar-refractivity contribution in [1.82, 2.24) is 9.97 Å². The molecule has 0 fully saturated rings. The maximum Gasteiger partial charge on any atom is 0.260 e. The van der Waals surface area contributed by atoms with Gasteiger partial charge in [-0.1, -0.05) is 33.1 Å². The fourth-order valence-corrected chi connectivity index (χ4v) is 6.47. The highest BCUT2D eigenvalue weighted by Gasteiger charge is 2.23. The number of unbranched alkanes of at least 4 members (excludes halogenated alkanes) is 3. The van der Waals surface area contributed by atoms with Crippen molar-refractivity contribution >= 4 is 21.6 Å². The minimum absolute atomic E-state index is 0.0740. The smallest absolute Gasteiger partial charge is 0.260 e. The highest BCUT2D eigenvalue weighted by molar-refractivity contribution is 7.18. The van der Waals surface area contributed by atoms with Crippen molar-refractivity contribution in [1.29, 1.82) is 0 Å². The average Bonchev–Trinajstić information content (AvgIpc) is 3.34. The standard InChI is InChI=1S/C32H38N2O5S/c1-4-5-6-7-16-37-23-10-12-24(13-11-23)38-17-18-39-26-15-9-22(20-27(26)36-3)30-33-31(35)29-25-14-8-21(2)19-28(25)40-32(29)34-30/h9-13,15,20-21H,4-8,14,16-19H2,1-3H3,(H,33,34,35). The Morgan fingerprint density at radius 3 is 2.45 bits per heavy atom.